The lowest BCUT2D eigenvalue weighted by molar-refractivity contribution is -0.141. The molecule has 124 valence electrons. The molecule has 0 bridgehead atoms. The van der Waals surface area contributed by atoms with E-state index in [-0.39, 0.29) is 0 Å². The van der Waals surface area contributed by atoms with Crippen molar-refractivity contribution in [3.05, 3.63) is 23.7 Å². The molecule has 1 N–H and O–H groups in total. The van der Waals surface area contributed by atoms with Gasteiger partial charge in [-0.1, -0.05) is 25.7 Å². The third-order valence-corrected chi connectivity index (χ3v) is 4.69. The Labute approximate surface area is 135 Å². The highest BCUT2D eigenvalue weighted by molar-refractivity contribution is 7.99. The van der Waals surface area contributed by atoms with Crippen molar-refractivity contribution in [1.29, 1.82) is 0 Å². The molecule has 0 aromatic carbocycles. The molecule has 0 saturated heterocycles. The van der Waals surface area contributed by atoms with Gasteiger partial charge in [0.25, 0.3) is 0 Å². The van der Waals surface area contributed by atoms with Crippen molar-refractivity contribution < 1.29 is 13.2 Å². The molecule has 0 amide bonds. The first-order valence-electron chi connectivity index (χ1n) is 7.51. The average molecular weight is 343 g/mol. The molecule has 9 heteroatoms. The number of alkyl halides is 3. The summed E-state index contributed by atoms with van der Waals surface area (Å²) >= 11 is 1.09. The number of hydrogen-bond donors (Lipinski definition) is 1. The minimum Gasteiger partial charge on any atom is -0.262 e. The van der Waals surface area contributed by atoms with Gasteiger partial charge in [0.1, 0.15) is 10.9 Å². The van der Waals surface area contributed by atoms with Crippen LogP contribution < -0.4 is 0 Å². The van der Waals surface area contributed by atoms with E-state index in [9.17, 15) is 13.2 Å². The second-order valence-electron chi connectivity index (χ2n) is 5.61. The van der Waals surface area contributed by atoms with Crippen molar-refractivity contribution in [2.75, 3.05) is 0 Å². The van der Waals surface area contributed by atoms with Crippen LogP contribution in [0.1, 0.15) is 43.6 Å². The van der Waals surface area contributed by atoms with E-state index in [1.807, 2.05) is 0 Å². The Balaban J connectivity index is 1.55. The molecule has 0 radical (unpaired) electrons. The largest absolute Gasteiger partial charge is 0.435 e. The molecule has 0 spiro atoms. The number of aromatic nitrogens is 5. The zero-order valence-corrected chi connectivity index (χ0v) is 13.1. The Morgan fingerprint density at radius 3 is 2.61 bits per heavy atom. The topological polar surface area (TPSA) is 67.3 Å². The Hall–Kier alpha value is -1.64. The van der Waals surface area contributed by atoms with Crippen LogP contribution in [0, 0.1) is 5.92 Å². The van der Waals surface area contributed by atoms with E-state index in [4.69, 9.17) is 0 Å². The number of nitrogens with one attached hydrogen (secondary N) is 1. The van der Waals surface area contributed by atoms with Gasteiger partial charge >= 0.3 is 6.18 Å². The monoisotopic (exact) mass is 343 g/mol. The van der Waals surface area contributed by atoms with Gasteiger partial charge in [-0.25, -0.2) is 4.98 Å². The molecular formula is C14H16F3N5S. The fourth-order valence-electron chi connectivity index (χ4n) is 2.69. The Kier molecular flexibility index (Phi) is 4.84. The first-order valence-corrected chi connectivity index (χ1v) is 8.32. The van der Waals surface area contributed by atoms with E-state index >= 15 is 0 Å². The molecule has 5 nitrogen and oxygen atoms in total. The smallest absolute Gasteiger partial charge is 0.262 e. The minimum atomic E-state index is -4.48. The lowest BCUT2D eigenvalue weighted by Crippen LogP contribution is -2.08. The maximum atomic E-state index is 12.4. The molecule has 2 heterocycles. The standard InChI is InChI=1S/C14H16F3N5S/c15-14(16,17)10-6-8-12(21-19-10)23-13-18-11(20-22-13)7-5-9-3-1-2-4-9/h6,8-9H,1-5,7H2,(H,18,20,22). The van der Waals surface area contributed by atoms with E-state index in [0.717, 1.165) is 42.4 Å². The highest BCUT2D eigenvalue weighted by Gasteiger charge is 2.32. The van der Waals surface area contributed by atoms with Gasteiger partial charge in [-0.05, 0) is 36.2 Å². The summed E-state index contributed by atoms with van der Waals surface area (Å²) in [5.41, 5.74) is -1.01. The van der Waals surface area contributed by atoms with Crippen LogP contribution in [0.5, 0.6) is 0 Å². The summed E-state index contributed by atoms with van der Waals surface area (Å²) in [6.07, 6.45) is 2.67. The van der Waals surface area contributed by atoms with E-state index in [1.54, 1.807) is 0 Å². The van der Waals surface area contributed by atoms with Crippen molar-refractivity contribution in [2.45, 2.75) is 54.9 Å². The predicted molar refractivity (Wildman–Crippen MR) is 77.8 cm³/mol. The first kappa shape index (κ1) is 16.2. The molecular weight excluding hydrogens is 327 g/mol. The minimum absolute atomic E-state index is 0.333. The summed E-state index contributed by atoms with van der Waals surface area (Å²) < 4.78 is 37.3. The van der Waals surface area contributed by atoms with Crippen molar-refractivity contribution >= 4 is 11.8 Å². The molecule has 0 atom stereocenters. The molecule has 0 unspecified atom stereocenters. The fourth-order valence-corrected chi connectivity index (χ4v) is 3.35. The summed E-state index contributed by atoms with van der Waals surface area (Å²) in [5.74, 6) is 1.58. The third kappa shape index (κ3) is 4.43. The molecule has 3 rings (SSSR count). The summed E-state index contributed by atoms with van der Waals surface area (Å²) in [6.45, 7) is 0. The summed E-state index contributed by atoms with van der Waals surface area (Å²) in [4.78, 5) is 4.34. The van der Waals surface area contributed by atoms with Crippen LogP contribution in [0.25, 0.3) is 0 Å². The lowest BCUT2D eigenvalue weighted by Gasteiger charge is -2.05. The van der Waals surface area contributed by atoms with E-state index in [0.29, 0.717) is 10.2 Å². The predicted octanol–water partition coefficient (Wildman–Crippen LogP) is 3.89. The van der Waals surface area contributed by atoms with Crippen LogP contribution in [-0.4, -0.2) is 25.4 Å². The quantitative estimate of drug-likeness (QED) is 0.892. The van der Waals surface area contributed by atoms with Gasteiger partial charge in [0.05, 0.1) is 0 Å². The summed E-state index contributed by atoms with van der Waals surface area (Å²) in [7, 11) is 0. The Morgan fingerprint density at radius 2 is 1.96 bits per heavy atom. The first-order chi connectivity index (χ1) is 11.0. The maximum Gasteiger partial charge on any atom is 0.435 e. The highest BCUT2D eigenvalue weighted by Crippen LogP contribution is 2.30. The zero-order valence-electron chi connectivity index (χ0n) is 12.3. The molecule has 1 fully saturated rings. The number of H-pyrrole nitrogens is 1. The number of aryl methyl sites for hydroxylation is 1. The Morgan fingerprint density at radius 1 is 1.17 bits per heavy atom. The van der Waals surface area contributed by atoms with Gasteiger partial charge in [0, 0.05) is 6.42 Å². The fraction of sp³-hybridized carbons (Fsp3) is 0.571. The van der Waals surface area contributed by atoms with Gasteiger partial charge in [0.2, 0.25) is 5.16 Å². The third-order valence-electron chi connectivity index (χ3n) is 3.90. The zero-order chi connectivity index (χ0) is 16.3. The molecule has 2 aromatic heterocycles. The summed E-state index contributed by atoms with van der Waals surface area (Å²) in [5, 5.41) is 14.5. The van der Waals surface area contributed by atoms with E-state index in [1.165, 1.54) is 31.7 Å². The lowest BCUT2D eigenvalue weighted by atomic mass is 10.0. The molecule has 0 aliphatic heterocycles. The van der Waals surface area contributed by atoms with Crippen molar-refractivity contribution in [3.8, 4) is 0 Å². The number of hydrogen-bond acceptors (Lipinski definition) is 5. The summed E-state index contributed by atoms with van der Waals surface area (Å²) in [6, 6.07) is 2.18. The Bertz CT molecular complexity index is 635. The second-order valence-corrected chi connectivity index (χ2v) is 6.60. The molecule has 1 aliphatic rings. The van der Waals surface area contributed by atoms with Crippen LogP contribution in [0.2, 0.25) is 0 Å². The van der Waals surface area contributed by atoms with E-state index < -0.39 is 11.9 Å². The number of aromatic amines is 1. The van der Waals surface area contributed by atoms with Crippen LogP contribution >= 0.6 is 11.8 Å². The second kappa shape index (κ2) is 6.86. The van der Waals surface area contributed by atoms with Gasteiger partial charge < -0.3 is 0 Å². The average Bonchev–Trinajstić information content (AvgIpc) is 3.16. The van der Waals surface area contributed by atoms with Gasteiger partial charge in [0.15, 0.2) is 5.69 Å². The van der Waals surface area contributed by atoms with Crippen LogP contribution in [-0.2, 0) is 12.6 Å². The van der Waals surface area contributed by atoms with Crippen molar-refractivity contribution in [3.63, 3.8) is 0 Å². The van der Waals surface area contributed by atoms with E-state index in [2.05, 4.69) is 25.4 Å². The van der Waals surface area contributed by atoms with Crippen molar-refractivity contribution in [2.24, 2.45) is 5.92 Å². The molecule has 1 saturated carbocycles. The molecule has 1 aliphatic carbocycles. The van der Waals surface area contributed by atoms with Gasteiger partial charge in [-0.3, -0.25) is 5.10 Å². The van der Waals surface area contributed by atoms with Gasteiger partial charge in [-0.15, -0.1) is 15.3 Å². The van der Waals surface area contributed by atoms with Crippen molar-refractivity contribution in [1.82, 2.24) is 25.4 Å². The normalized spacial score (nSPS) is 16.1. The number of nitrogens with zero attached hydrogens (tertiary/aromatic N) is 4. The van der Waals surface area contributed by atoms with Crippen LogP contribution in [0.15, 0.2) is 22.3 Å². The SMILES string of the molecule is FC(F)(F)c1ccc(Sc2n[nH]c(CCC3CCCC3)n2)nn1. The molecule has 2 aromatic rings. The number of rotatable bonds is 5. The highest BCUT2D eigenvalue weighted by atomic mass is 32.2. The van der Waals surface area contributed by atoms with Gasteiger partial charge in [-0.2, -0.15) is 13.2 Å². The maximum absolute atomic E-state index is 12.4. The van der Waals surface area contributed by atoms with Crippen LogP contribution in [0.4, 0.5) is 13.2 Å². The molecule has 23 heavy (non-hydrogen) atoms. The van der Waals surface area contributed by atoms with Crippen LogP contribution in [0.3, 0.4) is 0 Å². The number of halogens is 3.